The molecular weight excluding hydrogens is 366 g/mol. The number of carbonyl (C=O) groups excluding carboxylic acids is 2. The van der Waals surface area contributed by atoms with Crippen LogP contribution in [0, 0.1) is 13.8 Å². The van der Waals surface area contributed by atoms with Gasteiger partial charge in [-0.2, -0.15) is 0 Å². The summed E-state index contributed by atoms with van der Waals surface area (Å²) in [5, 5.41) is 2.16. The van der Waals surface area contributed by atoms with Gasteiger partial charge in [-0.15, -0.1) is 0 Å². The number of fused-ring (bicyclic) bond motifs is 1. The largest absolute Gasteiger partial charge is 0.426 e. The highest BCUT2D eigenvalue weighted by Gasteiger charge is 2.24. The van der Waals surface area contributed by atoms with Crippen molar-refractivity contribution in [1.29, 1.82) is 0 Å². The minimum Gasteiger partial charge on any atom is -0.426 e. The van der Waals surface area contributed by atoms with Crippen molar-refractivity contribution in [3.63, 3.8) is 0 Å². The van der Waals surface area contributed by atoms with Crippen molar-refractivity contribution in [1.82, 2.24) is 0 Å². The van der Waals surface area contributed by atoms with Crippen LogP contribution in [0.3, 0.4) is 0 Å². The Morgan fingerprint density at radius 1 is 1.00 bits per heavy atom. The predicted molar refractivity (Wildman–Crippen MR) is 112 cm³/mol. The molecule has 1 aliphatic rings. The standard InChI is InChI=1S/C24H19NO4/c1-14-10-17(11-15(2)22(14)28-16(3)26)12-21-24(27)29-23(25-21)20-9-8-18-6-4-5-7-19(18)13-20/h4-13H,1-3H3/b21-12-. The van der Waals surface area contributed by atoms with Crippen molar-refractivity contribution >= 4 is 34.7 Å². The molecule has 0 bridgehead atoms. The molecule has 4 rings (SSSR count). The minimum absolute atomic E-state index is 0.229. The molecule has 1 heterocycles. The quantitative estimate of drug-likeness (QED) is 0.372. The maximum Gasteiger partial charge on any atom is 0.363 e. The highest BCUT2D eigenvalue weighted by Crippen LogP contribution is 2.28. The van der Waals surface area contributed by atoms with Crippen LogP contribution >= 0.6 is 0 Å². The Labute approximate surface area is 168 Å². The van der Waals surface area contributed by atoms with Gasteiger partial charge in [0.1, 0.15) is 5.75 Å². The molecule has 0 radical (unpaired) electrons. The van der Waals surface area contributed by atoms with E-state index in [0.29, 0.717) is 5.75 Å². The molecule has 0 spiro atoms. The van der Waals surface area contributed by atoms with Gasteiger partial charge < -0.3 is 9.47 Å². The van der Waals surface area contributed by atoms with Gasteiger partial charge in [-0.05, 0) is 71.7 Å². The number of rotatable bonds is 3. The first kappa shape index (κ1) is 18.6. The molecule has 0 aliphatic carbocycles. The molecule has 5 nitrogen and oxygen atoms in total. The molecule has 5 heteroatoms. The molecule has 0 fully saturated rings. The number of carbonyl (C=O) groups is 2. The van der Waals surface area contributed by atoms with E-state index in [2.05, 4.69) is 4.99 Å². The molecule has 0 unspecified atom stereocenters. The lowest BCUT2D eigenvalue weighted by Crippen LogP contribution is -2.05. The zero-order chi connectivity index (χ0) is 20.5. The fourth-order valence-electron chi connectivity index (χ4n) is 3.38. The minimum atomic E-state index is -0.493. The number of aryl methyl sites for hydroxylation is 2. The molecule has 144 valence electrons. The molecule has 0 N–H and O–H groups in total. The molecule has 0 amide bonds. The lowest BCUT2D eigenvalue weighted by atomic mass is 10.0. The van der Waals surface area contributed by atoms with Gasteiger partial charge in [0.15, 0.2) is 5.70 Å². The lowest BCUT2D eigenvalue weighted by Gasteiger charge is -2.10. The van der Waals surface area contributed by atoms with Crippen molar-refractivity contribution in [2.75, 3.05) is 0 Å². The molecule has 29 heavy (non-hydrogen) atoms. The van der Waals surface area contributed by atoms with Crippen LogP contribution in [0.5, 0.6) is 5.75 Å². The van der Waals surface area contributed by atoms with E-state index in [-0.39, 0.29) is 17.6 Å². The first-order chi connectivity index (χ1) is 13.9. The fraction of sp³-hybridized carbons (Fsp3) is 0.125. The Bertz CT molecular complexity index is 1200. The van der Waals surface area contributed by atoms with E-state index in [1.54, 1.807) is 6.08 Å². The van der Waals surface area contributed by atoms with Crippen molar-refractivity contribution < 1.29 is 19.1 Å². The number of nitrogens with zero attached hydrogens (tertiary/aromatic N) is 1. The van der Waals surface area contributed by atoms with Gasteiger partial charge in [0.25, 0.3) is 0 Å². The third-order valence-corrected chi connectivity index (χ3v) is 4.65. The second-order valence-electron chi connectivity index (χ2n) is 6.98. The van der Waals surface area contributed by atoms with Crippen LogP contribution in [0.15, 0.2) is 65.3 Å². The summed E-state index contributed by atoms with van der Waals surface area (Å²) < 4.78 is 10.6. The average molecular weight is 385 g/mol. The first-order valence-electron chi connectivity index (χ1n) is 9.22. The average Bonchev–Trinajstić information content (AvgIpc) is 3.04. The van der Waals surface area contributed by atoms with Gasteiger partial charge >= 0.3 is 11.9 Å². The van der Waals surface area contributed by atoms with Crippen molar-refractivity contribution in [2.24, 2.45) is 4.99 Å². The number of cyclic esters (lactones) is 1. The summed E-state index contributed by atoms with van der Waals surface area (Å²) in [5.41, 5.74) is 3.37. The van der Waals surface area contributed by atoms with E-state index in [4.69, 9.17) is 9.47 Å². The van der Waals surface area contributed by atoms with Crippen molar-refractivity contribution in [3.05, 3.63) is 82.5 Å². The fourth-order valence-corrected chi connectivity index (χ4v) is 3.38. The Balaban J connectivity index is 1.68. The SMILES string of the molecule is CC(=O)Oc1c(C)cc(/C=C2\N=C(c3ccc4ccccc4c3)OC2=O)cc1C. The molecular formula is C24H19NO4. The normalized spacial score (nSPS) is 14.8. The van der Waals surface area contributed by atoms with E-state index >= 15 is 0 Å². The topological polar surface area (TPSA) is 65.0 Å². The van der Waals surface area contributed by atoms with Crippen LogP contribution in [0.4, 0.5) is 0 Å². The number of ether oxygens (including phenoxy) is 2. The maximum atomic E-state index is 12.3. The highest BCUT2D eigenvalue weighted by atomic mass is 16.6. The third kappa shape index (κ3) is 3.80. The first-order valence-corrected chi connectivity index (χ1v) is 9.22. The maximum absolute atomic E-state index is 12.3. The van der Waals surface area contributed by atoms with Crippen LogP contribution in [0.1, 0.15) is 29.2 Å². The van der Waals surface area contributed by atoms with E-state index in [0.717, 1.165) is 33.0 Å². The van der Waals surface area contributed by atoms with Crippen LogP contribution < -0.4 is 4.74 Å². The number of hydrogen-bond acceptors (Lipinski definition) is 5. The summed E-state index contributed by atoms with van der Waals surface area (Å²) in [6.45, 7) is 5.07. The van der Waals surface area contributed by atoms with Crippen LogP contribution in [0.25, 0.3) is 16.8 Å². The third-order valence-electron chi connectivity index (χ3n) is 4.65. The van der Waals surface area contributed by atoms with Gasteiger partial charge in [-0.3, -0.25) is 4.79 Å². The van der Waals surface area contributed by atoms with E-state index < -0.39 is 5.97 Å². The predicted octanol–water partition coefficient (Wildman–Crippen LogP) is 4.73. The van der Waals surface area contributed by atoms with Crippen LogP contribution in [-0.4, -0.2) is 17.8 Å². The van der Waals surface area contributed by atoms with Gasteiger partial charge in [0.2, 0.25) is 5.90 Å². The van der Waals surface area contributed by atoms with Gasteiger partial charge in [-0.25, -0.2) is 9.79 Å². The number of hydrogen-bond donors (Lipinski definition) is 0. The monoisotopic (exact) mass is 385 g/mol. The second-order valence-corrected chi connectivity index (χ2v) is 6.98. The molecule has 3 aromatic carbocycles. The van der Waals surface area contributed by atoms with Crippen molar-refractivity contribution in [3.8, 4) is 5.75 Å². The van der Waals surface area contributed by atoms with E-state index in [9.17, 15) is 9.59 Å². The lowest BCUT2D eigenvalue weighted by molar-refractivity contribution is -0.132. The Hall–Kier alpha value is -3.73. The summed E-state index contributed by atoms with van der Waals surface area (Å²) in [6.07, 6.45) is 1.67. The number of esters is 2. The van der Waals surface area contributed by atoms with E-state index in [1.165, 1.54) is 6.92 Å². The summed E-state index contributed by atoms with van der Waals surface area (Å²) in [5.74, 6) is -0.0372. The summed E-state index contributed by atoms with van der Waals surface area (Å²) >= 11 is 0. The highest BCUT2D eigenvalue weighted by molar-refractivity contribution is 6.13. The Kier molecular flexibility index (Phi) is 4.72. The molecule has 3 aromatic rings. The van der Waals surface area contributed by atoms with Gasteiger partial charge in [0, 0.05) is 12.5 Å². The Morgan fingerprint density at radius 2 is 1.69 bits per heavy atom. The molecule has 0 saturated heterocycles. The van der Waals surface area contributed by atoms with E-state index in [1.807, 2.05) is 68.4 Å². The van der Waals surface area contributed by atoms with Gasteiger partial charge in [0.05, 0.1) is 0 Å². The smallest absolute Gasteiger partial charge is 0.363 e. The number of benzene rings is 3. The Morgan fingerprint density at radius 3 is 2.38 bits per heavy atom. The molecule has 0 atom stereocenters. The van der Waals surface area contributed by atoms with Gasteiger partial charge in [-0.1, -0.05) is 30.3 Å². The van der Waals surface area contributed by atoms with Crippen LogP contribution in [0.2, 0.25) is 0 Å². The summed E-state index contributed by atoms with van der Waals surface area (Å²) in [4.78, 5) is 28.0. The summed E-state index contributed by atoms with van der Waals surface area (Å²) in [6, 6.07) is 17.5. The molecule has 0 aromatic heterocycles. The van der Waals surface area contributed by atoms with Crippen molar-refractivity contribution in [2.45, 2.75) is 20.8 Å². The zero-order valence-corrected chi connectivity index (χ0v) is 16.4. The zero-order valence-electron chi connectivity index (χ0n) is 16.4. The molecule has 1 aliphatic heterocycles. The number of aliphatic imine (C=N–C) groups is 1. The van der Waals surface area contributed by atoms with Crippen LogP contribution in [-0.2, 0) is 14.3 Å². The summed E-state index contributed by atoms with van der Waals surface area (Å²) in [7, 11) is 0. The second kappa shape index (κ2) is 7.36. The molecule has 0 saturated carbocycles.